The highest BCUT2D eigenvalue weighted by molar-refractivity contribution is 9.10. The number of H-pyrrole nitrogens is 1. The van der Waals surface area contributed by atoms with Gasteiger partial charge >= 0.3 is 0 Å². The molecule has 25 heavy (non-hydrogen) atoms. The number of benzene rings is 1. The van der Waals surface area contributed by atoms with E-state index in [1.54, 1.807) is 18.2 Å². The van der Waals surface area contributed by atoms with Crippen LogP contribution in [0.25, 0.3) is 10.8 Å². The molecular formula is C18H20BrN3O3. The second kappa shape index (κ2) is 7.82. The molecule has 0 unspecified atom stereocenters. The predicted octanol–water partition coefficient (Wildman–Crippen LogP) is 2.42. The zero-order chi connectivity index (χ0) is 17.8. The molecule has 2 aromatic rings. The number of nitrogens with one attached hydrogen (secondary N) is 2. The number of rotatable bonds is 5. The smallest absolute Gasteiger partial charge is 0.267 e. The number of aromatic nitrogens is 1. The van der Waals surface area contributed by atoms with E-state index in [-0.39, 0.29) is 23.1 Å². The number of carbonyl (C=O) groups excluding carboxylic acids is 2. The lowest BCUT2D eigenvalue weighted by molar-refractivity contribution is -0.133. The molecule has 0 aliphatic carbocycles. The van der Waals surface area contributed by atoms with Gasteiger partial charge in [0.25, 0.3) is 11.5 Å². The molecule has 0 radical (unpaired) electrons. The van der Waals surface area contributed by atoms with Crippen LogP contribution < -0.4 is 10.9 Å². The highest BCUT2D eigenvalue weighted by atomic mass is 79.9. The molecule has 1 fully saturated rings. The van der Waals surface area contributed by atoms with Gasteiger partial charge in [-0.25, -0.2) is 0 Å². The Hall–Kier alpha value is -2.15. The van der Waals surface area contributed by atoms with Gasteiger partial charge < -0.3 is 15.2 Å². The standard InChI is InChI=1S/C18H20BrN3O3/c19-13-6-5-12-10-15(21-17(24)14(12)11-13)18(25)20-7-3-9-22-8-2-1-4-16(22)23/h5-6,10-11H,1-4,7-9H2,(H,20,25)(H,21,24). The van der Waals surface area contributed by atoms with Crippen LogP contribution in [0.3, 0.4) is 0 Å². The van der Waals surface area contributed by atoms with Gasteiger partial charge in [0.15, 0.2) is 0 Å². The topological polar surface area (TPSA) is 82.3 Å². The van der Waals surface area contributed by atoms with E-state index in [1.165, 1.54) is 0 Å². The molecule has 1 aliphatic heterocycles. The lowest BCUT2D eigenvalue weighted by Crippen LogP contribution is -2.37. The number of aromatic amines is 1. The molecule has 7 heteroatoms. The van der Waals surface area contributed by atoms with Gasteiger partial charge in [-0.3, -0.25) is 14.4 Å². The van der Waals surface area contributed by atoms with Gasteiger partial charge in [-0.2, -0.15) is 0 Å². The number of piperidine rings is 1. The first kappa shape index (κ1) is 17.7. The summed E-state index contributed by atoms with van der Waals surface area (Å²) in [6.45, 7) is 1.92. The van der Waals surface area contributed by atoms with Gasteiger partial charge in [0.05, 0.1) is 0 Å². The molecule has 3 rings (SSSR count). The van der Waals surface area contributed by atoms with Crippen LogP contribution in [0.1, 0.15) is 36.2 Å². The number of halogens is 1. The van der Waals surface area contributed by atoms with Crippen molar-refractivity contribution in [2.24, 2.45) is 0 Å². The molecule has 0 spiro atoms. The molecule has 1 aliphatic rings. The number of hydrogen-bond donors (Lipinski definition) is 2. The Kier molecular flexibility index (Phi) is 5.53. The van der Waals surface area contributed by atoms with Gasteiger partial charge in [-0.15, -0.1) is 0 Å². The number of fused-ring (bicyclic) bond motifs is 1. The first-order chi connectivity index (χ1) is 12.0. The van der Waals surface area contributed by atoms with E-state index in [1.807, 2.05) is 11.0 Å². The lowest BCUT2D eigenvalue weighted by atomic mass is 10.1. The minimum Gasteiger partial charge on any atom is -0.351 e. The third kappa shape index (κ3) is 4.28. The van der Waals surface area contributed by atoms with Gasteiger partial charge in [0.2, 0.25) is 5.91 Å². The Morgan fingerprint density at radius 2 is 2.08 bits per heavy atom. The van der Waals surface area contributed by atoms with Crippen molar-refractivity contribution in [3.63, 3.8) is 0 Å². The van der Waals surface area contributed by atoms with Gasteiger partial charge in [-0.1, -0.05) is 22.0 Å². The van der Waals surface area contributed by atoms with E-state index in [2.05, 4.69) is 26.2 Å². The van der Waals surface area contributed by atoms with Gasteiger partial charge in [0, 0.05) is 35.9 Å². The molecule has 132 valence electrons. The van der Waals surface area contributed by atoms with Crippen molar-refractivity contribution in [1.29, 1.82) is 0 Å². The van der Waals surface area contributed by atoms with Crippen LogP contribution >= 0.6 is 15.9 Å². The van der Waals surface area contributed by atoms with Crippen molar-refractivity contribution < 1.29 is 9.59 Å². The summed E-state index contributed by atoms with van der Waals surface area (Å²) < 4.78 is 0.815. The van der Waals surface area contributed by atoms with Crippen molar-refractivity contribution in [2.75, 3.05) is 19.6 Å². The lowest BCUT2D eigenvalue weighted by Gasteiger charge is -2.26. The zero-order valence-corrected chi connectivity index (χ0v) is 15.4. The molecule has 0 saturated carbocycles. The first-order valence-electron chi connectivity index (χ1n) is 8.43. The number of amides is 2. The average molecular weight is 406 g/mol. The number of nitrogens with zero attached hydrogens (tertiary/aromatic N) is 1. The summed E-state index contributed by atoms with van der Waals surface area (Å²) in [5.41, 5.74) is -0.0447. The third-order valence-corrected chi connectivity index (χ3v) is 4.86. The van der Waals surface area contributed by atoms with Crippen molar-refractivity contribution in [3.8, 4) is 0 Å². The van der Waals surface area contributed by atoms with E-state index in [0.29, 0.717) is 31.3 Å². The molecule has 0 atom stereocenters. The summed E-state index contributed by atoms with van der Waals surface area (Å²) in [4.78, 5) is 40.6. The largest absolute Gasteiger partial charge is 0.351 e. The molecule has 1 saturated heterocycles. The molecule has 6 nitrogen and oxygen atoms in total. The Labute approximate surface area is 153 Å². The summed E-state index contributed by atoms with van der Waals surface area (Å²) >= 11 is 3.33. The summed E-state index contributed by atoms with van der Waals surface area (Å²) in [7, 11) is 0. The van der Waals surface area contributed by atoms with Crippen molar-refractivity contribution in [2.45, 2.75) is 25.7 Å². The van der Waals surface area contributed by atoms with Crippen LogP contribution in [0, 0.1) is 0 Å². The number of carbonyl (C=O) groups is 2. The Balaban J connectivity index is 1.58. The monoisotopic (exact) mass is 405 g/mol. The van der Waals surface area contributed by atoms with Crippen LogP contribution in [-0.2, 0) is 4.79 Å². The minimum atomic E-state index is -0.313. The normalized spacial score (nSPS) is 14.8. The fourth-order valence-corrected chi connectivity index (χ4v) is 3.38. The zero-order valence-electron chi connectivity index (χ0n) is 13.8. The average Bonchev–Trinajstić information content (AvgIpc) is 2.60. The Morgan fingerprint density at radius 1 is 1.24 bits per heavy atom. The number of likely N-dealkylation sites (tertiary alicyclic amines) is 1. The molecule has 2 N–H and O–H groups in total. The molecule has 1 aromatic carbocycles. The van der Waals surface area contributed by atoms with Crippen molar-refractivity contribution >= 4 is 38.5 Å². The van der Waals surface area contributed by atoms with E-state index in [0.717, 1.165) is 29.2 Å². The predicted molar refractivity (Wildman–Crippen MR) is 99.6 cm³/mol. The highest BCUT2D eigenvalue weighted by Gasteiger charge is 2.17. The molecule has 0 bridgehead atoms. The van der Waals surface area contributed by atoms with Crippen LogP contribution in [-0.4, -0.2) is 41.3 Å². The summed E-state index contributed by atoms with van der Waals surface area (Å²) in [6, 6.07) is 7.03. The summed E-state index contributed by atoms with van der Waals surface area (Å²) in [5, 5.41) is 4.06. The maximum Gasteiger partial charge on any atom is 0.267 e. The molecule has 1 aromatic heterocycles. The second-order valence-corrected chi connectivity index (χ2v) is 7.11. The first-order valence-corrected chi connectivity index (χ1v) is 9.22. The van der Waals surface area contributed by atoms with Crippen molar-refractivity contribution in [3.05, 3.63) is 44.8 Å². The second-order valence-electron chi connectivity index (χ2n) is 6.19. The van der Waals surface area contributed by atoms with Gasteiger partial charge in [0.1, 0.15) is 5.69 Å². The van der Waals surface area contributed by atoms with Crippen LogP contribution in [0.4, 0.5) is 0 Å². The number of hydrogen-bond acceptors (Lipinski definition) is 3. The van der Waals surface area contributed by atoms with E-state index < -0.39 is 0 Å². The highest BCUT2D eigenvalue weighted by Crippen LogP contribution is 2.17. The molecular weight excluding hydrogens is 386 g/mol. The SMILES string of the molecule is O=C(NCCCN1CCCCC1=O)c1cc2ccc(Br)cc2c(=O)[nH]1. The van der Waals surface area contributed by atoms with Crippen LogP contribution in [0.5, 0.6) is 0 Å². The van der Waals surface area contributed by atoms with Gasteiger partial charge in [-0.05, 0) is 42.8 Å². The Morgan fingerprint density at radius 3 is 2.88 bits per heavy atom. The minimum absolute atomic E-state index is 0.197. The maximum absolute atomic E-state index is 12.3. The van der Waals surface area contributed by atoms with E-state index in [9.17, 15) is 14.4 Å². The fraction of sp³-hybridized carbons (Fsp3) is 0.389. The summed E-state index contributed by atoms with van der Waals surface area (Å²) in [6.07, 6.45) is 3.34. The van der Waals surface area contributed by atoms with Crippen molar-refractivity contribution in [1.82, 2.24) is 15.2 Å². The van der Waals surface area contributed by atoms with E-state index >= 15 is 0 Å². The molecule has 2 heterocycles. The molecule has 2 amide bonds. The Bertz CT molecular complexity index is 862. The quantitative estimate of drug-likeness (QED) is 0.749. The van der Waals surface area contributed by atoms with E-state index in [4.69, 9.17) is 0 Å². The van der Waals surface area contributed by atoms with Crippen LogP contribution in [0.2, 0.25) is 0 Å². The maximum atomic E-state index is 12.3. The van der Waals surface area contributed by atoms with Crippen LogP contribution in [0.15, 0.2) is 33.5 Å². The third-order valence-electron chi connectivity index (χ3n) is 4.36. The fourth-order valence-electron chi connectivity index (χ4n) is 3.02. The number of pyridine rings is 1. The summed E-state index contributed by atoms with van der Waals surface area (Å²) in [5.74, 6) is -0.116.